The summed E-state index contributed by atoms with van der Waals surface area (Å²) in [5.41, 5.74) is 0. The molecule has 0 bridgehead atoms. The average Bonchev–Trinajstić information content (AvgIpc) is 1.12. The van der Waals surface area contributed by atoms with Gasteiger partial charge in [-0.3, -0.25) is 0 Å². The summed E-state index contributed by atoms with van der Waals surface area (Å²) in [5, 5.41) is 0. The third-order valence-corrected chi connectivity index (χ3v) is 0. The van der Waals surface area contributed by atoms with Gasteiger partial charge in [-0.2, -0.15) is 15.6 Å². The van der Waals surface area contributed by atoms with E-state index in [0.29, 0.717) is 0 Å². The fourth-order valence-corrected chi connectivity index (χ4v) is 0. The van der Waals surface area contributed by atoms with Crippen molar-refractivity contribution in [1.82, 2.24) is 6.15 Å². The van der Waals surface area contributed by atoms with Gasteiger partial charge in [-0.05, 0) is 0 Å². The van der Waals surface area contributed by atoms with Gasteiger partial charge in [0.05, 0.1) is 0 Å². The molecule has 80 valence electrons. The quantitative estimate of drug-likeness (QED) is 0.329. The molecule has 0 aromatic heterocycles. The second kappa shape index (κ2) is 10.9. The van der Waals surface area contributed by atoms with Crippen molar-refractivity contribution < 1.29 is 65.0 Å². The molecule has 0 aromatic rings. The molecule has 10 nitrogen and oxygen atoms in total. The van der Waals surface area contributed by atoms with Crippen LogP contribution in [0.1, 0.15) is 0 Å². The molecule has 0 amide bonds. The van der Waals surface area contributed by atoms with Gasteiger partial charge in [0.25, 0.3) is 0 Å². The summed E-state index contributed by atoms with van der Waals surface area (Å²) in [4.78, 5) is 51.3. The van der Waals surface area contributed by atoms with Gasteiger partial charge in [0, 0.05) is 0 Å². The second-order valence-corrected chi connectivity index (χ2v) is 2.68. The third kappa shape index (κ3) is 2190. The Balaban J connectivity index is -0.0000000267. The van der Waals surface area contributed by atoms with Crippen molar-refractivity contribution in [2.75, 3.05) is 0 Å². The first-order chi connectivity index (χ1) is 4.00. The smallest absolute Gasteiger partial charge is 0.822 e. The molecular formula is H5MoNO9P2. The Morgan fingerprint density at radius 2 is 0.692 bits per heavy atom. The third-order valence-electron chi connectivity index (χ3n) is 0. The fourth-order valence-electron chi connectivity index (χ4n) is 0. The van der Waals surface area contributed by atoms with Crippen LogP contribution in [0.15, 0.2) is 0 Å². The van der Waals surface area contributed by atoms with E-state index in [-0.39, 0.29) is 32.7 Å². The Bertz CT molecular complexity index is 130. The first-order valence-electron chi connectivity index (χ1n) is 1.46. The average molecular weight is 321 g/mol. The molecule has 13 heavy (non-hydrogen) atoms. The van der Waals surface area contributed by atoms with E-state index in [9.17, 15) is 0 Å². The van der Waals surface area contributed by atoms with Crippen LogP contribution in [0.5, 0.6) is 0 Å². The summed E-state index contributed by atoms with van der Waals surface area (Å²) < 4.78 is 17.1. The largest absolute Gasteiger partial charge is 6.00 e. The monoisotopic (exact) mass is 323 g/mol. The Morgan fingerprint density at radius 1 is 0.692 bits per heavy atom. The van der Waals surface area contributed by atoms with Gasteiger partial charge in [-0.15, -0.1) is 0 Å². The summed E-state index contributed by atoms with van der Waals surface area (Å²) in [6, 6.07) is 0. The molecule has 0 rings (SSSR count). The zero-order valence-electron chi connectivity index (χ0n) is 5.78. The molecule has 0 radical (unpaired) electrons. The molecule has 13 heteroatoms. The predicted octanol–water partition coefficient (Wildman–Crippen LogP) is -6.31. The Labute approximate surface area is 87.2 Å². The van der Waals surface area contributed by atoms with Crippen LogP contribution in [0.2, 0.25) is 0 Å². The molecular weight excluding hydrogens is 316 g/mol. The normalized spacial score (nSPS) is 9.08. The van der Waals surface area contributed by atoms with Gasteiger partial charge in [-0.1, -0.05) is 0 Å². The molecule has 0 atom stereocenters. The van der Waals surface area contributed by atoms with Crippen molar-refractivity contribution in [1.29, 1.82) is 0 Å². The van der Waals surface area contributed by atoms with Gasteiger partial charge in [0.1, 0.15) is 0 Å². The van der Waals surface area contributed by atoms with E-state index >= 15 is 0 Å². The van der Waals surface area contributed by atoms with Crippen molar-refractivity contribution >= 4 is 15.6 Å². The van der Waals surface area contributed by atoms with Crippen LogP contribution in [0.25, 0.3) is 0 Å². The van der Waals surface area contributed by atoms with Gasteiger partial charge in [0.15, 0.2) is 0 Å². The van der Waals surface area contributed by atoms with E-state index in [4.69, 9.17) is 38.5 Å². The van der Waals surface area contributed by atoms with Crippen LogP contribution in [0.3, 0.4) is 0 Å². The maximum Gasteiger partial charge on any atom is 6.00 e. The summed E-state index contributed by atoms with van der Waals surface area (Å²) >= 11 is 0. The standard InChI is InChI=1S/Mo.H3N.2H3O4P.H2O/c;;2*1-5(2,3)4;/h;1H3;2*(H3,1,2,3,4);1H2/q+6;;;;/p-6. The molecule has 0 fully saturated rings. The summed E-state index contributed by atoms with van der Waals surface area (Å²) in [5.74, 6) is 0. The fraction of sp³-hybridized carbons (Fsp3) is 0. The molecule has 0 unspecified atom stereocenters. The van der Waals surface area contributed by atoms with Gasteiger partial charge < -0.3 is 50.1 Å². The van der Waals surface area contributed by atoms with E-state index in [1.807, 2.05) is 0 Å². The molecule has 5 N–H and O–H groups in total. The number of phosphoric acid groups is 2. The molecule has 0 aliphatic rings. The van der Waals surface area contributed by atoms with Crippen molar-refractivity contribution in [3.63, 3.8) is 0 Å². The van der Waals surface area contributed by atoms with Crippen LogP contribution >= 0.6 is 15.6 Å². The summed E-state index contributed by atoms with van der Waals surface area (Å²) in [6.45, 7) is 0. The minimum absolute atomic E-state index is 0. The first-order valence-corrected chi connectivity index (χ1v) is 4.38. The summed E-state index contributed by atoms with van der Waals surface area (Å²) in [6.07, 6.45) is 0. The van der Waals surface area contributed by atoms with Gasteiger partial charge in [0.2, 0.25) is 0 Å². The van der Waals surface area contributed by atoms with E-state index in [2.05, 4.69) is 0 Å². The van der Waals surface area contributed by atoms with Crippen molar-refractivity contribution in [2.24, 2.45) is 0 Å². The minimum Gasteiger partial charge on any atom is -0.822 e. The number of hydrogen-bond acceptors (Lipinski definition) is 9. The van der Waals surface area contributed by atoms with Crippen LogP contribution in [0, 0.1) is 0 Å². The van der Waals surface area contributed by atoms with E-state index in [1.165, 1.54) is 0 Å². The molecule has 0 heterocycles. The Morgan fingerprint density at radius 3 is 0.692 bits per heavy atom. The minimum atomic E-state index is -5.39. The van der Waals surface area contributed by atoms with E-state index in [0.717, 1.165) is 0 Å². The van der Waals surface area contributed by atoms with Crippen molar-refractivity contribution in [3.05, 3.63) is 0 Å². The molecule has 0 aliphatic carbocycles. The SMILES string of the molecule is N.O.O=P([O-])([O-])[O-].O=P([O-])([O-])[O-].[Mo+6]. The van der Waals surface area contributed by atoms with Crippen LogP contribution in [-0.2, 0) is 30.2 Å². The Hall–Kier alpha value is 0.828. The molecule has 0 saturated heterocycles. The van der Waals surface area contributed by atoms with E-state index < -0.39 is 15.6 Å². The molecule has 0 aromatic carbocycles. The summed E-state index contributed by atoms with van der Waals surface area (Å²) in [7, 11) is -10.8. The maximum atomic E-state index is 8.55. The van der Waals surface area contributed by atoms with E-state index in [1.54, 1.807) is 0 Å². The number of rotatable bonds is 0. The predicted molar refractivity (Wildman–Crippen MR) is 23.8 cm³/mol. The molecule has 0 spiro atoms. The van der Waals surface area contributed by atoms with Crippen LogP contribution < -0.4 is 35.5 Å². The Kier molecular flexibility index (Phi) is 24.5. The second-order valence-electron chi connectivity index (χ2n) is 0.894. The molecule has 0 saturated carbocycles. The van der Waals surface area contributed by atoms with Crippen LogP contribution in [0.4, 0.5) is 0 Å². The van der Waals surface area contributed by atoms with Gasteiger partial charge in [-0.25, -0.2) is 0 Å². The van der Waals surface area contributed by atoms with Crippen molar-refractivity contribution in [2.45, 2.75) is 0 Å². The zero-order valence-corrected chi connectivity index (χ0v) is 9.57. The number of hydrogen-bond donors (Lipinski definition) is 1. The first kappa shape index (κ1) is 29.2. The maximum absolute atomic E-state index is 8.55. The topological polar surface area (TPSA) is 239 Å². The van der Waals surface area contributed by atoms with Crippen LogP contribution in [-0.4, -0.2) is 5.48 Å². The zero-order chi connectivity index (χ0) is 9.00. The van der Waals surface area contributed by atoms with Gasteiger partial charge >= 0.3 is 21.1 Å². The molecule has 0 aliphatic heterocycles. The van der Waals surface area contributed by atoms with Crippen molar-refractivity contribution in [3.8, 4) is 0 Å².